The molecule has 0 aliphatic rings. The van der Waals surface area contributed by atoms with Crippen LogP contribution in [0.25, 0.3) is 0 Å². The number of hydrogen-bond acceptors (Lipinski definition) is 3. The van der Waals surface area contributed by atoms with Crippen LogP contribution in [0, 0.1) is 0 Å². The Hall–Kier alpha value is -1.59. The molecule has 3 N–H and O–H groups in total. The van der Waals surface area contributed by atoms with E-state index in [1.807, 2.05) is 0 Å². The fourth-order valence-electron chi connectivity index (χ4n) is 2.74. The fourth-order valence-corrected chi connectivity index (χ4v) is 2.74. The summed E-state index contributed by atoms with van der Waals surface area (Å²) in [5.41, 5.74) is 0. The molecule has 27 heavy (non-hydrogen) atoms. The summed E-state index contributed by atoms with van der Waals surface area (Å²) in [7, 11) is 0. The van der Waals surface area contributed by atoms with Gasteiger partial charge in [0.05, 0.1) is 0 Å². The molecule has 3 amide bonds. The zero-order chi connectivity index (χ0) is 20.2. The molecule has 0 aliphatic heterocycles. The monoisotopic (exact) mass is 383 g/mol. The first kappa shape index (κ1) is 25.4. The van der Waals surface area contributed by atoms with E-state index >= 15 is 0 Å². The quantitative estimate of drug-likeness (QED) is 0.317. The van der Waals surface area contributed by atoms with Gasteiger partial charge in [-0.2, -0.15) is 0 Å². The average Bonchev–Trinajstić information content (AvgIpc) is 2.64. The Morgan fingerprint density at radius 3 is 1.41 bits per heavy atom. The van der Waals surface area contributed by atoms with Crippen LogP contribution in [0.4, 0.5) is 0 Å². The van der Waals surface area contributed by atoms with Gasteiger partial charge in [0, 0.05) is 38.9 Å². The van der Waals surface area contributed by atoms with Crippen molar-refractivity contribution in [1.82, 2.24) is 16.0 Å². The Bertz CT molecular complexity index is 400. The van der Waals surface area contributed by atoms with Gasteiger partial charge in [0.1, 0.15) is 0 Å². The van der Waals surface area contributed by atoms with Crippen LogP contribution in [-0.2, 0) is 14.4 Å². The first-order valence-corrected chi connectivity index (χ1v) is 10.9. The minimum atomic E-state index is -0.134. The first-order valence-electron chi connectivity index (χ1n) is 10.9. The lowest BCUT2D eigenvalue weighted by Gasteiger charge is -2.08. The molecule has 0 saturated carbocycles. The molecule has 0 aromatic rings. The Labute approximate surface area is 165 Å². The number of amides is 3. The van der Waals surface area contributed by atoms with E-state index in [2.05, 4.69) is 29.8 Å². The summed E-state index contributed by atoms with van der Waals surface area (Å²) in [6.07, 6.45) is 12.5. The highest BCUT2D eigenvalue weighted by Gasteiger charge is 2.05. The number of nitrogens with one attached hydrogen (secondary N) is 3. The third-order valence-electron chi connectivity index (χ3n) is 4.46. The molecule has 6 nitrogen and oxygen atoms in total. The van der Waals surface area contributed by atoms with Gasteiger partial charge >= 0.3 is 0 Å². The third kappa shape index (κ3) is 19.0. The number of rotatable bonds is 18. The van der Waals surface area contributed by atoms with E-state index in [0.717, 1.165) is 25.7 Å². The van der Waals surface area contributed by atoms with E-state index < -0.39 is 0 Å². The summed E-state index contributed by atoms with van der Waals surface area (Å²) in [6, 6.07) is 0. The van der Waals surface area contributed by atoms with E-state index in [1.165, 1.54) is 38.5 Å². The molecule has 6 heteroatoms. The summed E-state index contributed by atoms with van der Waals surface area (Å²) >= 11 is 0. The van der Waals surface area contributed by atoms with Crippen molar-refractivity contribution in [2.75, 3.05) is 19.6 Å². The molecule has 0 heterocycles. The molecule has 0 spiro atoms. The number of unbranched alkanes of at least 4 members (excludes halogenated alkanes) is 8. The predicted molar refractivity (Wildman–Crippen MR) is 110 cm³/mol. The van der Waals surface area contributed by atoms with E-state index in [0.29, 0.717) is 32.5 Å². The third-order valence-corrected chi connectivity index (χ3v) is 4.46. The molecule has 0 unspecified atom stereocenters. The van der Waals surface area contributed by atoms with Gasteiger partial charge in [0.15, 0.2) is 0 Å². The second kappa shape index (κ2) is 19.2. The van der Waals surface area contributed by atoms with Gasteiger partial charge in [-0.15, -0.1) is 0 Å². The minimum absolute atomic E-state index is 0.0117. The molecule has 0 radical (unpaired) electrons. The molecule has 0 aromatic carbocycles. The van der Waals surface area contributed by atoms with Gasteiger partial charge in [0.25, 0.3) is 0 Å². The maximum Gasteiger partial charge on any atom is 0.221 e. The smallest absolute Gasteiger partial charge is 0.221 e. The van der Waals surface area contributed by atoms with Gasteiger partial charge in [-0.25, -0.2) is 0 Å². The standard InChI is InChI=1S/C21H41N3O3/c1-3-5-7-9-11-13-19(25)23-17-15-21(27)24-18-14-20(26)22-16-12-10-8-6-4-2/h3-18H2,1-2H3,(H,22,26)(H,23,25)(H,24,27). The summed E-state index contributed by atoms with van der Waals surface area (Å²) in [5, 5.41) is 8.37. The lowest BCUT2D eigenvalue weighted by molar-refractivity contribution is -0.122. The van der Waals surface area contributed by atoms with E-state index in [-0.39, 0.29) is 24.1 Å². The van der Waals surface area contributed by atoms with E-state index in [4.69, 9.17) is 0 Å². The van der Waals surface area contributed by atoms with Gasteiger partial charge in [0.2, 0.25) is 17.7 Å². The molecular weight excluding hydrogens is 342 g/mol. The van der Waals surface area contributed by atoms with Crippen molar-refractivity contribution >= 4 is 17.7 Å². The lowest BCUT2D eigenvalue weighted by atomic mass is 10.1. The number of carbonyl (C=O) groups excluding carboxylic acids is 3. The van der Waals surface area contributed by atoms with Crippen LogP contribution in [0.1, 0.15) is 97.3 Å². The van der Waals surface area contributed by atoms with Crippen LogP contribution in [0.5, 0.6) is 0 Å². The molecule has 0 fully saturated rings. The lowest BCUT2D eigenvalue weighted by Crippen LogP contribution is -2.33. The largest absolute Gasteiger partial charge is 0.356 e. The molecule has 0 aliphatic carbocycles. The van der Waals surface area contributed by atoms with Crippen molar-refractivity contribution in [1.29, 1.82) is 0 Å². The van der Waals surface area contributed by atoms with Crippen LogP contribution in [-0.4, -0.2) is 37.4 Å². The van der Waals surface area contributed by atoms with Crippen molar-refractivity contribution in [3.63, 3.8) is 0 Å². The molecule has 0 atom stereocenters. The van der Waals surface area contributed by atoms with Gasteiger partial charge < -0.3 is 16.0 Å². The van der Waals surface area contributed by atoms with Crippen LogP contribution < -0.4 is 16.0 Å². The highest BCUT2D eigenvalue weighted by molar-refractivity contribution is 5.80. The van der Waals surface area contributed by atoms with Gasteiger partial charge in [-0.3, -0.25) is 14.4 Å². The topological polar surface area (TPSA) is 87.3 Å². The number of carbonyl (C=O) groups is 3. The molecule has 0 aromatic heterocycles. The normalized spacial score (nSPS) is 10.4. The van der Waals surface area contributed by atoms with E-state index in [9.17, 15) is 14.4 Å². The predicted octanol–water partition coefficient (Wildman–Crippen LogP) is 3.45. The van der Waals surface area contributed by atoms with Gasteiger partial charge in [-0.05, 0) is 12.8 Å². The molecular formula is C21H41N3O3. The first-order chi connectivity index (χ1) is 13.1. The fraction of sp³-hybridized carbons (Fsp3) is 0.857. The van der Waals surface area contributed by atoms with Crippen molar-refractivity contribution in [2.45, 2.75) is 97.3 Å². The highest BCUT2D eigenvalue weighted by atomic mass is 16.2. The molecule has 0 bridgehead atoms. The van der Waals surface area contributed by atoms with Crippen molar-refractivity contribution in [3.8, 4) is 0 Å². The molecule has 0 saturated heterocycles. The summed E-state index contributed by atoms with van der Waals surface area (Å²) < 4.78 is 0. The Balaban J connectivity index is 3.47. The van der Waals surface area contributed by atoms with Crippen molar-refractivity contribution in [2.24, 2.45) is 0 Å². The van der Waals surface area contributed by atoms with Gasteiger partial charge in [-0.1, -0.05) is 65.2 Å². The number of hydrogen-bond donors (Lipinski definition) is 3. The Morgan fingerprint density at radius 1 is 0.481 bits per heavy atom. The Kier molecular flexibility index (Phi) is 18.0. The van der Waals surface area contributed by atoms with Crippen LogP contribution in [0.15, 0.2) is 0 Å². The Morgan fingerprint density at radius 2 is 0.889 bits per heavy atom. The molecule has 0 rings (SSSR count). The summed E-state index contributed by atoms with van der Waals surface area (Å²) in [5.74, 6) is -0.148. The highest BCUT2D eigenvalue weighted by Crippen LogP contribution is 2.04. The second-order valence-electron chi connectivity index (χ2n) is 7.13. The SMILES string of the molecule is CCCCCCCNC(=O)CCNC(=O)CCNC(=O)CCCCCCC. The van der Waals surface area contributed by atoms with Crippen LogP contribution >= 0.6 is 0 Å². The maximum atomic E-state index is 11.7. The van der Waals surface area contributed by atoms with Crippen molar-refractivity contribution < 1.29 is 14.4 Å². The second-order valence-corrected chi connectivity index (χ2v) is 7.13. The average molecular weight is 384 g/mol. The summed E-state index contributed by atoms with van der Waals surface area (Å²) in [6.45, 7) is 5.75. The van der Waals surface area contributed by atoms with Crippen LogP contribution in [0.2, 0.25) is 0 Å². The zero-order valence-corrected chi connectivity index (χ0v) is 17.5. The summed E-state index contributed by atoms with van der Waals surface area (Å²) in [4.78, 5) is 35.0. The maximum absolute atomic E-state index is 11.7. The molecule has 158 valence electrons. The minimum Gasteiger partial charge on any atom is -0.356 e. The zero-order valence-electron chi connectivity index (χ0n) is 17.5. The van der Waals surface area contributed by atoms with Crippen LogP contribution in [0.3, 0.4) is 0 Å². The van der Waals surface area contributed by atoms with Crippen molar-refractivity contribution in [3.05, 3.63) is 0 Å². The van der Waals surface area contributed by atoms with E-state index in [1.54, 1.807) is 0 Å².